The van der Waals surface area contributed by atoms with Crippen molar-refractivity contribution in [3.05, 3.63) is 36.5 Å². The molecule has 2 unspecified atom stereocenters. The smallest absolute Gasteiger partial charge is 0.305 e. The van der Waals surface area contributed by atoms with Crippen molar-refractivity contribution in [2.75, 3.05) is 7.11 Å². The van der Waals surface area contributed by atoms with Crippen LogP contribution in [0.1, 0.15) is 71.1 Å². The monoisotopic (exact) mass is 352 g/mol. The number of hydrogen-bond donors (Lipinski definition) is 2. The topological polar surface area (TPSA) is 66.8 Å². The maximum absolute atomic E-state index is 10.9. The van der Waals surface area contributed by atoms with Gasteiger partial charge in [-0.2, -0.15) is 0 Å². The van der Waals surface area contributed by atoms with Crippen LogP contribution in [-0.2, 0) is 9.53 Å². The van der Waals surface area contributed by atoms with Crippen molar-refractivity contribution >= 4 is 5.97 Å². The third kappa shape index (κ3) is 15.9. The highest BCUT2D eigenvalue weighted by molar-refractivity contribution is 5.69. The first kappa shape index (κ1) is 23.6. The minimum atomic E-state index is -0.662. The van der Waals surface area contributed by atoms with Gasteiger partial charge in [-0.3, -0.25) is 4.79 Å². The third-order valence-electron chi connectivity index (χ3n) is 3.95. The Morgan fingerprint density at radius 1 is 0.920 bits per heavy atom. The van der Waals surface area contributed by atoms with Crippen LogP contribution in [0.4, 0.5) is 0 Å². The maximum Gasteiger partial charge on any atom is 0.305 e. The van der Waals surface area contributed by atoms with E-state index in [2.05, 4.69) is 36.0 Å². The van der Waals surface area contributed by atoms with E-state index in [0.717, 1.165) is 44.9 Å². The molecule has 144 valence electrons. The van der Waals surface area contributed by atoms with Crippen LogP contribution in [0.5, 0.6) is 0 Å². The molecule has 0 aromatic rings. The van der Waals surface area contributed by atoms with Crippen molar-refractivity contribution in [1.29, 1.82) is 0 Å². The molecule has 0 aromatic heterocycles. The van der Waals surface area contributed by atoms with Gasteiger partial charge in [-0.15, -0.1) is 0 Å². The van der Waals surface area contributed by atoms with Crippen LogP contribution in [0.25, 0.3) is 0 Å². The van der Waals surface area contributed by atoms with Gasteiger partial charge in [0.1, 0.15) is 0 Å². The molecule has 25 heavy (non-hydrogen) atoms. The Bertz CT molecular complexity index is 399. The quantitative estimate of drug-likeness (QED) is 0.259. The molecule has 0 heterocycles. The average molecular weight is 353 g/mol. The van der Waals surface area contributed by atoms with Gasteiger partial charge in [-0.05, 0) is 38.5 Å². The first-order chi connectivity index (χ1) is 12.1. The summed E-state index contributed by atoms with van der Waals surface area (Å²) in [4.78, 5) is 10.9. The van der Waals surface area contributed by atoms with Crippen LogP contribution in [0.3, 0.4) is 0 Å². The highest BCUT2D eigenvalue weighted by Crippen LogP contribution is 2.10. The number of rotatable bonds is 15. The summed E-state index contributed by atoms with van der Waals surface area (Å²) in [5, 5.41) is 19.7. The summed E-state index contributed by atoms with van der Waals surface area (Å²) < 4.78 is 4.58. The summed E-state index contributed by atoms with van der Waals surface area (Å²) in [7, 11) is 1.41. The molecule has 0 fully saturated rings. The molecule has 2 atom stereocenters. The third-order valence-corrected chi connectivity index (χ3v) is 3.95. The van der Waals surface area contributed by atoms with E-state index in [1.807, 2.05) is 12.2 Å². The number of aliphatic hydroxyl groups excluding tert-OH is 2. The van der Waals surface area contributed by atoms with E-state index in [1.54, 1.807) is 0 Å². The van der Waals surface area contributed by atoms with Crippen molar-refractivity contribution in [3.63, 3.8) is 0 Å². The van der Waals surface area contributed by atoms with Crippen LogP contribution in [0, 0.1) is 0 Å². The van der Waals surface area contributed by atoms with Crippen LogP contribution >= 0.6 is 0 Å². The Morgan fingerprint density at radius 3 is 2.20 bits per heavy atom. The predicted octanol–water partition coefficient (Wildman–Crippen LogP) is 4.47. The van der Waals surface area contributed by atoms with Gasteiger partial charge in [0.2, 0.25) is 0 Å². The molecule has 2 N–H and O–H groups in total. The number of aliphatic hydroxyl groups is 2. The second kappa shape index (κ2) is 17.4. The van der Waals surface area contributed by atoms with Crippen LogP contribution in [0.2, 0.25) is 0 Å². The van der Waals surface area contributed by atoms with Crippen LogP contribution in [-0.4, -0.2) is 35.5 Å². The zero-order chi connectivity index (χ0) is 18.8. The molecule has 0 spiro atoms. The van der Waals surface area contributed by atoms with E-state index in [1.165, 1.54) is 7.11 Å². The molecule has 0 amide bonds. The Hall–Kier alpha value is -1.39. The molecular formula is C21H36O4. The van der Waals surface area contributed by atoms with E-state index in [9.17, 15) is 15.0 Å². The van der Waals surface area contributed by atoms with Gasteiger partial charge in [-0.1, -0.05) is 62.6 Å². The van der Waals surface area contributed by atoms with Crippen molar-refractivity contribution in [2.24, 2.45) is 0 Å². The first-order valence-electron chi connectivity index (χ1n) is 9.49. The Balaban J connectivity index is 3.63. The van der Waals surface area contributed by atoms with Crippen molar-refractivity contribution in [2.45, 2.75) is 83.3 Å². The van der Waals surface area contributed by atoms with Gasteiger partial charge in [0.25, 0.3) is 0 Å². The summed E-state index contributed by atoms with van der Waals surface area (Å²) in [6.07, 6.45) is 19.3. The predicted molar refractivity (Wildman–Crippen MR) is 103 cm³/mol. The SMILES string of the molecule is CCCCCC(O)C(O)C/C=C/C/C=C/C/C=C/CCCC(=O)OC. The Labute approximate surface area is 153 Å². The molecule has 0 saturated carbocycles. The molecule has 4 nitrogen and oxygen atoms in total. The normalized spacial score (nSPS) is 14.6. The van der Waals surface area contributed by atoms with Gasteiger partial charge in [-0.25, -0.2) is 0 Å². The summed E-state index contributed by atoms with van der Waals surface area (Å²) in [6.45, 7) is 2.13. The molecule has 0 aliphatic carbocycles. The lowest BCUT2D eigenvalue weighted by Crippen LogP contribution is -2.25. The number of esters is 1. The summed E-state index contributed by atoms with van der Waals surface area (Å²) in [5.74, 6) is -0.154. The number of unbranched alkanes of at least 4 members (excludes halogenated alkanes) is 3. The second-order valence-corrected chi connectivity index (χ2v) is 6.22. The largest absolute Gasteiger partial charge is 0.469 e. The fraction of sp³-hybridized carbons (Fsp3) is 0.667. The van der Waals surface area contributed by atoms with Crippen LogP contribution in [0.15, 0.2) is 36.5 Å². The zero-order valence-electron chi connectivity index (χ0n) is 15.9. The fourth-order valence-electron chi connectivity index (χ4n) is 2.31. The Morgan fingerprint density at radius 2 is 1.56 bits per heavy atom. The molecule has 0 bridgehead atoms. The van der Waals surface area contributed by atoms with E-state index in [0.29, 0.717) is 19.3 Å². The average Bonchev–Trinajstić information content (AvgIpc) is 2.62. The highest BCUT2D eigenvalue weighted by atomic mass is 16.5. The zero-order valence-corrected chi connectivity index (χ0v) is 15.9. The molecule has 0 aromatic carbocycles. The summed E-state index contributed by atoms with van der Waals surface area (Å²) in [6, 6.07) is 0. The molecule has 4 heteroatoms. The van der Waals surface area contributed by atoms with E-state index >= 15 is 0 Å². The number of methoxy groups -OCH3 is 1. The number of carbonyl (C=O) groups excluding carboxylic acids is 1. The maximum atomic E-state index is 10.9. The lowest BCUT2D eigenvalue weighted by molar-refractivity contribution is -0.140. The number of ether oxygens (including phenoxy) is 1. The van der Waals surface area contributed by atoms with E-state index in [-0.39, 0.29) is 5.97 Å². The van der Waals surface area contributed by atoms with Gasteiger partial charge >= 0.3 is 5.97 Å². The first-order valence-corrected chi connectivity index (χ1v) is 9.49. The summed E-state index contributed by atoms with van der Waals surface area (Å²) in [5.41, 5.74) is 0. The van der Waals surface area contributed by atoms with E-state index in [4.69, 9.17) is 0 Å². The van der Waals surface area contributed by atoms with Crippen LogP contribution < -0.4 is 0 Å². The number of allylic oxidation sites excluding steroid dienone is 5. The standard InChI is InChI=1S/C21H36O4/c1-3-4-13-16-19(22)20(23)17-14-11-9-7-5-6-8-10-12-15-18-21(24)25-2/h5,7-8,10-11,14,19-20,22-23H,3-4,6,9,12-13,15-18H2,1-2H3/b7-5+,10-8+,14-11+. The van der Waals surface area contributed by atoms with E-state index < -0.39 is 12.2 Å². The van der Waals surface area contributed by atoms with Gasteiger partial charge in [0.15, 0.2) is 0 Å². The fourth-order valence-corrected chi connectivity index (χ4v) is 2.31. The van der Waals surface area contributed by atoms with Gasteiger partial charge in [0, 0.05) is 6.42 Å². The molecule has 0 radical (unpaired) electrons. The lowest BCUT2D eigenvalue weighted by Gasteiger charge is -2.15. The molecule has 0 rings (SSSR count). The molecule has 0 aliphatic rings. The minimum absolute atomic E-state index is 0.154. The molecular weight excluding hydrogens is 316 g/mol. The minimum Gasteiger partial charge on any atom is -0.469 e. The molecule has 0 saturated heterocycles. The van der Waals surface area contributed by atoms with Gasteiger partial charge < -0.3 is 14.9 Å². The highest BCUT2D eigenvalue weighted by Gasteiger charge is 2.13. The summed E-state index contributed by atoms with van der Waals surface area (Å²) >= 11 is 0. The number of carbonyl (C=O) groups is 1. The lowest BCUT2D eigenvalue weighted by atomic mass is 10.0. The van der Waals surface area contributed by atoms with Crippen molar-refractivity contribution in [3.8, 4) is 0 Å². The van der Waals surface area contributed by atoms with Gasteiger partial charge in [0.05, 0.1) is 19.3 Å². The second-order valence-electron chi connectivity index (χ2n) is 6.22. The number of hydrogen-bond acceptors (Lipinski definition) is 4. The Kier molecular flexibility index (Phi) is 16.5. The van der Waals surface area contributed by atoms with Crippen molar-refractivity contribution < 1.29 is 19.7 Å². The van der Waals surface area contributed by atoms with Crippen molar-refractivity contribution in [1.82, 2.24) is 0 Å². The molecule has 0 aliphatic heterocycles.